The molecule has 0 bridgehead atoms. The van der Waals surface area contributed by atoms with Crippen LogP contribution >= 0.6 is 11.5 Å². The maximum Gasteiger partial charge on any atom is 0.250 e. The second-order valence-corrected chi connectivity index (χ2v) is 13.6. The van der Waals surface area contributed by atoms with E-state index < -0.39 is 15.7 Å². The third kappa shape index (κ3) is 5.91. The zero-order valence-electron chi connectivity index (χ0n) is 24.5. The maximum atomic E-state index is 14.4. The monoisotopic (exact) mass is 616 g/mol. The number of primary amides is 1. The van der Waals surface area contributed by atoms with Gasteiger partial charge in [-0.3, -0.25) is 4.79 Å². The Kier molecular flexibility index (Phi) is 8.13. The van der Waals surface area contributed by atoms with Gasteiger partial charge in [0.15, 0.2) is 5.82 Å². The zero-order chi connectivity index (χ0) is 30.9. The molecule has 0 saturated carbocycles. The first-order valence-electron chi connectivity index (χ1n) is 13.4. The number of methoxy groups -OCH3 is 2. The second-order valence-electron chi connectivity index (χ2n) is 11.0. The molecule has 0 aliphatic heterocycles. The fourth-order valence-corrected chi connectivity index (χ4v) is 7.22. The van der Waals surface area contributed by atoms with Gasteiger partial charge >= 0.3 is 0 Å². The average molecular weight is 617 g/mol. The minimum Gasteiger partial charge on any atom is -0.497 e. The lowest BCUT2D eigenvalue weighted by Gasteiger charge is -2.22. The van der Waals surface area contributed by atoms with E-state index in [2.05, 4.69) is 14.7 Å². The predicted molar refractivity (Wildman–Crippen MR) is 169 cm³/mol. The van der Waals surface area contributed by atoms with Gasteiger partial charge in [0.2, 0.25) is 20.9 Å². The normalized spacial score (nSPS) is 11.8. The molecule has 5 rings (SSSR count). The summed E-state index contributed by atoms with van der Waals surface area (Å²) in [5, 5.41) is 4.78. The van der Waals surface area contributed by atoms with E-state index in [-0.39, 0.29) is 26.5 Å². The number of sulfone groups is 1. The van der Waals surface area contributed by atoms with Gasteiger partial charge < -0.3 is 20.5 Å². The Hall–Kier alpha value is -4.48. The molecule has 0 aliphatic rings. The van der Waals surface area contributed by atoms with Crippen molar-refractivity contribution in [2.24, 2.45) is 5.73 Å². The molecule has 1 amide bonds. The Morgan fingerprint density at radius 1 is 0.953 bits per heavy atom. The minimum atomic E-state index is -4.29. The van der Waals surface area contributed by atoms with Crippen LogP contribution in [0, 0.1) is 0 Å². The highest BCUT2D eigenvalue weighted by atomic mass is 32.2. The summed E-state index contributed by atoms with van der Waals surface area (Å²) in [4.78, 5) is 17.0. The van der Waals surface area contributed by atoms with Gasteiger partial charge in [-0.15, -0.1) is 0 Å². The first-order chi connectivity index (χ1) is 20.4. The van der Waals surface area contributed by atoms with Gasteiger partial charge in [-0.1, -0.05) is 63.2 Å². The predicted octanol–water partition coefficient (Wildman–Crippen LogP) is 6.22. The van der Waals surface area contributed by atoms with Crippen LogP contribution in [0.4, 0.5) is 5.13 Å². The molecule has 0 saturated heterocycles. The average Bonchev–Trinajstić information content (AvgIpc) is 3.47. The molecule has 0 radical (unpaired) electrons. The Labute approximate surface area is 254 Å². The van der Waals surface area contributed by atoms with Crippen molar-refractivity contribution < 1.29 is 22.7 Å². The summed E-state index contributed by atoms with van der Waals surface area (Å²) < 4.78 is 44.0. The van der Waals surface area contributed by atoms with E-state index in [1.165, 1.54) is 24.7 Å². The third-order valence-electron chi connectivity index (χ3n) is 7.14. The summed E-state index contributed by atoms with van der Waals surface area (Å²) in [5.41, 5.74) is 7.75. The summed E-state index contributed by atoms with van der Waals surface area (Å²) in [6.45, 7) is 6.51. The highest BCUT2D eigenvalue weighted by molar-refractivity contribution is 7.92. The first-order valence-corrected chi connectivity index (χ1v) is 15.7. The molecule has 0 aliphatic carbocycles. The van der Waals surface area contributed by atoms with Crippen LogP contribution in [0.3, 0.4) is 0 Å². The lowest BCUT2D eigenvalue weighted by molar-refractivity contribution is 0.0997. The number of anilines is 1. The fraction of sp³-hybridized carbons (Fsp3) is 0.219. The molecule has 5 aromatic rings. The number of carbonyl (C=O) groups is 1. The number of benzene rings is 4. The van der Waals surface area contributed by atoms with Crippen LogP contribution in [0.5, 0.6) is 11.5 Å². The van der Waals surface area contributed by atoms with Gasteiger partial charge in [-0.05, 0) is 52.3 Å². The number of nitrogens with one attached hydrogen (secondary N) is 1. The van der Waals surface area contributed by atoms with E-state index in [4.69, 9.17) is 15.2 Å². The first kappa shape index (κ1) is 30.0. The number of ether oxygens (including phenoxy) is 2. The Morgan fingerprint density at radius 3 is 2.35 bits per heavy atom. The van der Waals surface area contributed by atoms with Crippen molar-refractivity contribution >= 4 is 43.2 Å². The van der Waals surface area contributed by atoms with Crippen molar-refractivity contribution in [1.29, 1.82) is 0 Å². The van der Waals surface area contributed by atoms with Crippen molar-refractivity contribution in [3.8, 4) is 22.9 Å². The summed E-state index contributed by atoms with van der Waals surface area (Å²) in [6, 6.07) is 21.1. The fourth-order valence-electron chi connectivity index (χ4n) is 4.80. The number of nitrogens with two attached hydrogens (primary N) is 1. The summed E-state index contributed by atoms with van der Waals surface area (Å²) in [7, 11) is -1.26. The standard InChI is InChI=1S/C32H32N4O5S2/c1-32(2,3)20-11-16-26(41-5)27(17-20)43(38,39)28-23-7-6-8-24(22(23)14-15-25(28)29(33)37)30-35-31(42-36-30)34-18-19-9-12-21(40-4)13-10-19/h6-17H,18H2,1-5H3,(H2,33,37)(H,34,35,36). The molecule has 0 atom stereocenters. The molecule has 9 nitrogen and oxygen atoms in total. The molecule has 0 spiro atoms. The van der Waals surface area contributed by atoms with Gasteiger partial charge in [0, 0.05) is 29.0 Å². The largest absolute Gasteiger partial charge is 0.497 e. The molecular formula is C32H32N4O5S2. The molecule has 1 heterocycles. The highest BCUT2D eigenvalue weighted by Gasteiger charge is 2.31. The quantitative estimate of drug-likeness (QED) is 0.200. The van der Waals surface area contributed by atoms with Crippen LogP contribution in [-0.4, -0.2) is 37.9 Å². The van der Waals surface area contributed by atoms with Gasteiger partial charge in [-0.25, -0.2) is 8.42 Å². The van der Waals surface area contributed by atoms with Crippen molar-refractivity contribution in [2.75, 3.05) is 19.5 Å². The van der Waals surface area contributed by atoms with Gasteiger partial charge in [-0.2, -0.15) is 9.36 Å². The van der Waals surface area contributed by atoms with Crippen LogP contribution in [-0.2, 0) is 21.8 Å². The number of aromatic nitrogens is 2. The molecular weight excluding hydrogens is 585 g/mol. The number of hydrogen-bond acceptors (Lipinski definition) is 9. The van der Waals surface area contributed by atoms with Crippen LogP contribution in [0.25, 0.3) is 22.2 Å². The van der Waals surface area contributed by atoms with Crippen molar-refractivity contribution in [1.82, 2.24) is 9.36 Å². The topological polar surface area (TPSA) is 134 Å². The number of carbonyl (C=O) groups excluding carboxylic acids is 1. The molecule has 1 aromatic heterocycles. The molecule has 43 heavy (non-hydrogen) atoms. The number of rotatable bonds is 9. The Morgan fingerprint density at radius 2 is 1.70 bits per heavy atom. The van der Waals surface area contributed by atoms with E-state index in [0.717, 1.165) is 16.9 Å². The van der Waals surface area contributed by atoms with Crippen molar-refractivity contribution in [3.63, 3.8) is 0 Å². The summed E-state index contributed by atoms with van der Waals surface area (Å²) >= 11 is 1.20. The molecule has 0 unspecified atom stereocenters. The maximum absolute atomic E-state index is 14.4. The van der Waals surface area contributed by atoms with Gasteiger partial charge in [0.25, 0.3) is 0 Å². The Bertz CT molecular complexity index is 1930. The number of amides is 1. The number of fused-ring (bicyclic) bond motifs is 1. The Balaban J connectivity index is 1.60. The van der Waals surface area contributed by atoms with E-state index in [9.17, 15) is 13.2 Å². The van der Waals surface area contributed by atoms with Crippen LogP contribution in [0.1, 0.15) is 42.3 Å². The summed E-state index contributed by atoms with van der Waals surface area (Å²) in [5.74, 6) is 0.522. The van der Waals surface area contributed by atoms with E-state index in [0.29, 0.717) is 33.8 Å². The van der Waals surface area contributed by atoms with Gasteiger partial charge in [0.1, 0.15) is 16.4 Å². The second kappa shape index (κ2) is 11.7. The molecule has 11 heteroatoms. The smallest absolute Gasteiger partial charge is 0.250 e. The molecule has 222 valence electrons. The lowest BCUT2D eigenvalue weighted by Crippen LogP contribution is -2.18. The van der Waals surface area contributed by atoms with Crippen LogP contribution < -0.4 is 20.5 Å². The van der Waals surface area contributed by atoms with E-state index in [1.54, 1.807) is 37.4 Å². The van der Waals surface area contributed by atoms with E-state index >= 15 is 0 Å². The molecule has 0 fully saturated rings. The van der Waals surface area contributed by atoms with Crippen molar-refractivity contribution in [2.45, 2.75) is 42.5 Å². The van der Waals surface area contributed by atoms with Crippen molar-refractivity contribution in [3.05, 3.63) is 89.5 Å². The van der Waals surface area contributed by atoms with E-state index in [1.807, 2.05) is 57.2 Å². The molecule has 3 N–H and O–H groups in total. The lowest BCUT2D eigenvalue weighted by atomic mass is 9.87. The highest BCUT2D eigenvalue weighted by Crippen LogP contribution is 2.40. The zero-order valence-corrected chi connectivity index (χ0v) is 26.1. The third-order valence-corrected chi connectivity index (χ3v) is 9.68. The molecule has 4 aromatic carbocycles. The van der Waals surface area contributed by atoms with Crippen LogP contribution in [0.15, 0.2) is 82.6 Å². The minimum absolute atomic E-state index is 0.0420. The number of nitrogens with zero attached hydrogens (tertiary/aromatic N) is 2. The van der Waals surface area contributed by atoms with Crippen LogP contribution in [0.2, 0.25) is 0 Å². The SMILES string of the molecule is COc1ccc(CNc2nc(-c3cccc4c(S(=O)(=O)c5cc(C(C)(C)C)ccc5OC)c(C(N)=O)ccc34)ns2)cc1. The summed E-state index contributed by atoms with van der Waals surface area (Å²) in [6.07, 6.45) is 0. The van der Waals surface area contributed by atoms with Gasteiger partial charge in [0.05, 0.1) is 24.7 Å². The number of hydrogen-bond donors (Lipinski definition) is 2.